The zero-order valence-corrected chi connectivity index (χ0v) is 28.0. The number of halogens is 1. The summed E-state index contributed by atoms with van der Waals surface area (Å²) in [4.78, 5) is 29.2. The molecular weight excluding hydrogens is 646 g/mol. The van der Waals surface area contributed by atoms with Crippen LogP contribution in [0.1, 0.15) is 50.2 Å². The molecule has 3 aromatic carbocycles. The lowest BCUT2D eigenvalue weighted by Crippen LogP contribution is -2.53. The second-order valence-electron chi connectivity index (χ2n) is 11.0. The normalized spacial score (nSPS) is 14.4. The number of amides is 2. The van der Waals surface area contributed by atoms with Crippen LogP contribution >= 0.6 is 15.9 Å². The molecule has 0 aliphatic heterocycles. The number of sulfonamides is 1. The number of hydrogen-bond acceptors (Lipinski definition) is 6. The SMILES string of the molecule is COc1ccc(OC)c(N(CC(=O)N(Cc2ccc(Br)cc2)[C@@H](C)C(=O)NC2CCCCC2)S(=O)(=O)c2ccc(C)cc2)c1. The summed E-state index contributed by atoms with van der Waals surface area (Å²) in [5.74, 6) is -0.171. The molecule has 44 heavy (non-hydrogen) atoms. The molecule has 1 fully saturated rings. The first-order valence-electron chi connectivity index (χ1n) is 14.7. The van der Waals surface area contributed by atoms with Crippen LogP contribution in [0.15, 0.2) is 76.1 Å². The average molecular weight is 687 g/mol. The summed E-state index contributed by atoms with van der Waals surface area (Å²) >= 11 is 3.44. The van der Waals surface area contributed by atoms with Gasteiger partial charge in [-0.1, -0.05) is 65.0 Å². The van der Waals surface area contributed by atoms with Crippen LogP contribution in [0, 0.1) is 6.92 Å². The monoisotopic (exact) mass is 685 g/mol. The van der Waals surface area contributed by atoms with Gasteiger partial charge >= 0.3 is 0 Å². The molecule has 0 radical (unpaired) electrons. The Morgan fingerprint density at radius 3 is 2.23 bits per heavy atom. The summed E-state index contributed by atoms with van der Waals surface area (Å²) in [5, 5.41) is 3.12. The summed E-state index contributed by atoms with van der Waals surface area (Å²) in [7, 11) is -1.35. The average Bonchev–Trinajstić information content (AvgIpc) is 3.03. The number of methoxy groups -OCH3 is 2. The number of ether oxygens (including phenoxy) is 2. The fraction of sp³-hybridized carbons (Fsp3) is 0.394. The molecule has 9 nitrogen and oxygen atoms in total. The third-order valence-electron chi connectivity index (χ3n) is 7.93. The van der Waals surface area contributed by atoms with Crippen molar-refractivity contribution in [3.8, 4) is 11.5 Å². The molecule has 0 aromatic heterocycles. The largest absolute Gasteiger partial charge is 0.497 e. The van der Waals surface area contributed by atoms with Crippen LogP contribution in [0.5, 0.6) is 11.5 Å². The van der Waals surface area contributed by atoms with Gasteiger partial charge in [0.15, 0.2) is 0 Å². The topological polar surface area (TPSA) is 105 Å². The van der Waals surface area contributed by atoms with E-state index < -0.39 is 28.5 Å². The Bertz CT molecular complexity index is 1540. The molecular formula is C33H40BrN3O6S. The Morgan fingerprint density at radius 2 is 1.61 bits per heavy atom. The number of nitrogens with one attached hydrogen (secondary N) is 1. The van der Waals surface area contributed by atoms with E-state index in [0.717, 1.165) is 52.0 Å². The Hall–Kier alpha value is -3.57. The fourth-order valence-corrected chi connectivity index (χ4v) is 6.96. The molecule has 0 heterocycles. The molecule has 3 aromatic rings. The van der Waals surface area contributed by atoms with E-state index >= 15 is 0 Å². The van der Waals surface area contributed by atoms with Crippen molar-refractivity contribution in [3.63, 3.8) is 0 Å². The van der Waals surface area contributed by atoms with Gasteiger partial charge in [0.05, 0.1) is 24.8 Å². The molecule has 1 N–H and O–H groups in total. The predicted molar refractivity (Wildman–Crippen MR) is 174 cm³/mol. The minimum absolute atomic E-state index is 0.0170. The van der Waals surface area contributed by atoms with Crippen LogP contribution in [0.2, 0.25) is 0 Å². The van der Waals surface area contributed by atoms with Gasteiger partial charge in [-0.25, -0.2) is 8.42 Å². The highest BCUT2D eigenvalue weighted by Crippen LogP contribution is 2.36. The summed E-state index contributed by atoms with van der Waals surface area (Å²) in [6.45, 7) is 3.08. The molecule has 4 rings (SSSR count). The first-order valence-corrected chi connectivity index (χ1v) is 16.9. The van der Waals surface area contributed by atoms with E-state index in [1.807, 2.05) is 31.2 Å². The zero-order valence-electron chi connectivity index (χ0n) is 25.6. The molecule has 0 spiro atoms. The van der Waals surface area contributed by atoms with Gasteiger partial charge in [0.25, 0.3) is 10.0 Å². The minimum Gasteiger partial charge on any atom is -0.497 e. The predicted octanol–water partition coefficient (Wildman–Crippen LogP) is 5.84. The Labute approximate surface area is 268 Å². The Balaban J connectivity index is 1.74. The molecule has 0 unspecified atom stereocenters. The highest BCUT2D eigenvalue weighted by atomic mass is 79.9. The minimum atomic E-state index is -4.26. The van der Waals surface area contributed by atoms with Crippen molar-refractivity contribution in [1.82, 2.24) is 10.2 Å². The maximum absolute atomic E-state index is 14.3. The quantitative estimate of drug-likeness (QED) is 0.257. The van der Waals surface area contributed by atoms with E-state index in [4.69, 9.17) is 9.47 Å². The third-order valence-corrected chi connectivity index (χ3v) is 10.2. The number of anilines is 1. The highest BCUT2D eigenvalue weighted by molar-refractivity contribution is 9.10. The van der Waals surface area contributed by atoms with E-state index in [9.17, 15) is 18.0 Å². The van der Waals surface area contributed by atoms with Crippen LogP contribution in [0.25, 0.3) is 0 Å². The van der Waals surface area contributed by atoms with Gasteiger partial charge in [-0.3, -0.25) is 13.9 Å². The molecule has 0 bridgehead atoms. The molecule has 11 heteroatoms. The number of hydrogen-bond donors (Lipinski definition) is 1. The number of carbonyl (C=O) groups is 2. The Kier molecular flexibility index (Phi) is 11.3. The number of benzene rings is 3. The first kappa shape index (κ1) is 33.3. The van der Waals surface area contributed by atoms with Gasteiger partial charge in [-0.05, 0) is 68.7 Å². The third kappa shape index (κ3) is 8.12. The van der Waals surface area contributed by atoms with Crippen molar-refractivity contribution in [2.24, 2.45) is 0 Å². The summed E-state index contributed by atoms with van der Waals surface area (Å²) < 4.78 is 41.3. The second-order valence-corrected chi connectivity index (χ2v) is 13.8. The van der Waals surface area contributed by atoms with Crippen molar-refractivity contribution < 1.29 is 27.5 Å². The maximum Gasteiger partial charge on any atom is 0.264 e. The number of rotatable bonds is 12. The van der Waals surface area contributed by atoms with Crippen LogP contribution < -0.4 is 19.1 Å². The maximum atomic E-state index is 14.3. The number of aryl methyl sites for hydroxylation is 1. The van der Waals surface area contributed by atoms with E-state index in [0.29, 0.717) is 5.75 Å². The number of nitrogens with zero attached hydrogens (tertiary/aromatic N) is 2. The van der Waals surface area contributed by atoms with Gasteiger partial charge in [-0.2, -0.15) is 0 Å². The van der Waals surface area contributed by atoms with Gasteiger partial charge < -0.3 is 19.7 Å². The van der Waals surface area contributed by atoms with Crippen LogP contribution in [-0.4, -0.2) is 58.0 Å². The lowest BCUT2D eigenvalue weighted by Gasteiger charge is -2.33. The molecule has 1 aliphatic carbocycles. The van der Waals surface area contributed by atoms with E-state index in [2.05, 4.69) is 21.2 Å². The van der Waals surface area contributed by atoms with Gasteiger partial charge in [0, 0.05) is 23.1 Å². The smallest absolute Gasteiger partial charge is 0.264 e. The van der Waals surface area contributed by atoms with E-state index in [-0.39, 0.29) is 34.8 Å². The summed E-state index contributed by atoms with van der Waals surface area (Å²) in [6.07, 6.45) is 5.05. The van der Waals surface area contributed by atoms with Crippen molar-refractivity contribution >= 4 is 43.5 Å². The van der Waals surface area contributed by atoms with Crippen LogP contribution in [-0.2, 0) is 26.2 Å². The summed E-state index contributed by atoms with van der Waals surface area (Å²) in [6, 6.07) is 17.8. The molecule has 2 amide bonds. The van der Waals surface area contributed by atoms with E-state index in [1.54, 1.807) is 31.2 Å². The van der Waals surface area contributed by atoms with Crippen LogP contribution in [0.3, 0.4) is 0 Å². The molecule has 236 valence electrons. The van der Waals surface area contributed by atoms with Crippen molar-refractivity contribution in [1.29, 1.82) is 0 Å². The second kappa shape index (κ2) is 14.9. The zero-order chi connectivity index (χ0) is 31.9. The highest BCUT2D eigenvalue weighted by Gasteiger charge is 2.34. The Morgan fingerprint density at radius 1 is 0.955 bits per heavy atom. The van der Waals surface area contributed by atoms with Crippen molar-refractivity contribution in [2.45, 2.75) is 69.5 Å². The van der Waals surface area contributed by atoms with Gasteiger partial charge in [0.2, 0.25) is 11.8 Å². The summed E-state index contributed by atoms with van der Waals surface area (Å²) in [5.41, 5.74) is 1.83. The lowest BCUT2D eigenvalue weighted by atomic mass is 9.95. The van der Waals surface area contributed by atoms with Crippen molar-refractivity contribution in [2.75, 3.05) is 25.1 Å². The molecule has 1 atom stereocenters. The van der Waals surface area contributed by atoms with E-state index in [1.165, 1.54) is 37.3 Å². The molecule has 0 saturated heterocycles. The molecule has 1 aliphatic rings. The lowest BCUT2D eigenvalue weighted by molar-refractivity contribution is -0.139. The van der Waals surface area contributed by atoms with Crippen molar-refractivity contribution in [3.05, 3.63) is 82.3 Å². The number of carbonyl (C=O) groups excluding carboxylic acids is 2. The van der Waals surface area contributed by atoms with Gasteiger partial charge in [-0.15, -0.1) is 0 Å². The molecule has 1 saturated carbocycles. The van der Waals surface area contributed by atoms with Crippen LogP contribution in [0.4, 0.5) is 5.69 Å². The first-order chi connectivity index (χ1) is 21.0. The van der Waals surface area contributed by atoms with Gasteiger partial charge in [0.1, 0.15) is 24.1 Å². The standard InChI is InChI=1S/C33H40BrN3O6S/c1-23-10-17-29(18-11-23)44(40,41)37(30-20-28(42-3)16-19-31(30)43-4)22-32(38)36(21-25-12-14-26(34)15-13-25)24(2)33(39)35-27-8-6-5-7-9-27/h10-20,24,27H,5-9,21-22H2,1-4H3,(H,35,39)/t24-/m0/s1. The fourth-order valence-electron chi connectivity index (χ4n) is 5.28.